The van der Waals surface area contributed by atoms with E-state index in [2.05, 4.69) is 37.9 Å². The lowest BCUT2D eigenvalue weighted by Crippen LogP contribution is -2.43. The number of rotatable bonds is 9. The fraction of sp³-hybridized carbons (Fsp3) is 0.435. The normalized spacial score (nSPS) is 12.4. The molecule has 0 aliphatic rings. The van der Waals surface area contributed by atoms with Crippen molar-refractivity contribution in [3.63, 3.8) is 0 Å². The fourth-order valence-corrected chi connectivity index (χ4v) is 3.23. The van der Waals surface area contributed by atoms with E-state index in [1.165, 1.54) is 0 Å². The van der Waals surface area contributed by atoms with Crippen LogP contribution < -0.4 is 10.1 Å². The Hall–Kier alpha value is -2.33. The summed E-state index contributed by atoms with van der Waals surface area (Å²) in [6.45, 7) is 12.1. The standard InChI is InChI=1S/C23H32N2O2/c1-17(2)25(18(3)4)16-15-24-23(26)22(20-12-7-6-8-13-20)27-21-14-10-9-11-19(21)5/h6-14,17-18,22H,15-16H2,1-5H3,(H,24,26)/t22-/m1/s1. The van der Waals surface area contributed by atoms with Crippen molar-refractivity contribution in [1.82, 2.24) is 10.2 Å². The lowest BCUT2D eigenvalue weighted by atomic mass is 10.1. The van der Waals surface area contributed by atoms with E-state index in [1.807, 2.05) is 61.5 Å². The van der Waals surface area contributed by atoms with E-state index in [9.17, 15) is 4.79 Å². The molecule has 0 saturated heterocycles. The minimum Gasteiger partial charge on any atom is -0.476 e. The highest BCUT2D eigenvalue weighted by Gasteiger charge is 2.23. The van der Waals surface area contributed by atoms with Crippen LogP contribution in [0.2, 0.25) is 0 Å². The summed E-state index contributed by atoms with van der Waals surface area (Å²) in [7, 11) is 0. The molecule has 4 nitrogen and oxygen atoms in total. The smallest absolute Gasteiger partial charge is 0.265 e. The topological polar surface area (TPSA) is 41.6 Å². The quantitative estimate of drug-likeness (QED) is 0.715. The molecule has 0 aromatic heterocycles. The van der Waals surface area contributed by atoms with Gasteiger partial charge < -0.3 is 10.1 Å². The first kappa shape index (κ1) is 21.0. The molecule has 1 N–H and O–H groups in total. The minimum atomic E-state index is -0.668. The van der Waals surface area contributed by atoms with Gasteiger partial charge in [0.1, 0.15) is 5.75 Å². The predicted molar refractivity (Wildman–Crippen MR) is 111 cm³/mol. The van der Waals surface area contributed by atoms with Crippen molar-refractivity contribution in [1.29, 1.82) is 0 Å². The summed E-state index contributed by atoms with van der Waals surface area (Å²) in [5, 5.41) is 3.06. The van der Waals surface area contributed by atoms with Crippen molar-refractivity contribution in [2.75, 3.05) is 13.1 Å². The van der Waals surface area contributed by atoms with Crippen LogP contribution in [0.1, 0.15) is 44.9 Å². The lowest BCUT2D eigenvalue weighted by Gasteiger charge is -2.30. The molecule has 1 amide bonds. The van der Waals surface area contributed by atoms with Crippen LogP contribution in [0.5, 0.6) is 5.75 Å². The van der Waals surface area contributed by atoms with Crippen molar-refractivity contribution >= 4 is 5.91 Å². The number of carbonyl (C=O) groups excluding carboxylic acids is 1. The molecule has 0 saturated carbocycles. The first-order chi connectivity index (χ1) is 12.9. The van der Waals surface area contributed by atoms with Gasteiger partial charge in [0.15, 0.2) is 0 Å². The number of aryl methyl sites for hydroxylation is 1. The molecule has 2 aromatic carbocycles. The van der Waals surface area contributed by atoms with Crippen LogP contribution >= 0.6 is 0 Å². The van der Waals surface area contributed by atoms with Gasteiger partial charge in [-0.3, -0.25) is 9.69 Å². The van der Waals surface area contributed by atoms with Gasteiger partial charge in [-0.2, -0.15) is 0 Å². The second-order valence-corrected chi connectivity index (χ2v) is 7.39. The van der Waals surface area contributed by atoms with Crippen LogP contribution in [0.15, 0.2) is 54.6 Å². The zero-order chi connectivity index (χ0) is 19.8. The average molecular weight is 369 g/mol. The number of para-hydroxylation sites is 1. The van der Waals surface area contributed by atoms with Gasteiger partial charge in [-0.1, -0.05) is 48.5 Å². The molecule has 0 radical (unpaired) electrons. The molecule has 0 bridgehead atoms. The molecular formula is C23H32N2O2. The van der Waals surface area contributed by atoms with E-state index in [0.717, 1.165) is 23.4 Å². The molecule has 27 heavy (non-hydrogen) atoms. The Morgan fingerprint density at radius 2 is 1.56 bits per heavy atom. The maximum absolute atomic E-state index is 12.9. The third-order valence-electron chi connectivity index (χ3n) is 4.67. The first-order valence-corrected chi connectivity index (χ1v) is 9.70. The van der Waals surface area contributed by atoms with Gasteiger partial charge in [0.05, 0.1) is 0 Å². The number of hydrogen-bond donors (Lipinski definition) is 1. The maximum atomic E-state index is 12.9. The van der Waals surface area contributed by atoms with E-state index in [-0.39, 0.29) is 5.91 Å². The van der Waals surface area contributed by atoms with Crippen molar-refractivity contribution in [3.05, 3.63) is 65.7 Å². The molecule has 4 heteroatoms. The van der Waals surface area contributed by atoms with Gasteiger partial charge >= 0.3 is 0 Å². The molecule has 0 spiro atoms. The van der Waals surface area contributed by atoms with Crippen molar-refractivity contribution in [2.45, 2.75) is 52.8 Å². The van der Waals surface area contributed by atoms with Gasteiger partial charge in [0.25, 0.3) is 5.91 Å². The summed E-state index contributed by atoms with van der Waals surface area (Å²) in [4.78, 5) is 15.3. The number of nitrogens with one attached hydrogen (secondary N) is 1. The molecule has 1 atom stereocenters. The van der Waals surface area contributed by atoms with Crippen LogP contribution in [-0.4, -0.2) is 36.0 Å². The summed E-state index contributed by atoms with van der Waals surface area (Å²) >= 11 is 0. The second-order valence-electron chi connectivity index (χ2n) is 7.39. The summed E-state index contributed by atoms with van der Waals surface area (Å²) in [6, 6.07) is 18.3. The lowest BCUT2D eigenvalue weighted by molar-refractivity contribution is -0.128. The summed E-state index contributed by atoms with van der Waals surface area (Å²) in [5.74, 6) is 0.615. The molecule has 0 heterocycles. The van der Waals surface area contributed by atoms with Crippen molar-refractivity contribution < 1.29 is 9.53 Å². The van der Waals surface area contributed by atoms with E-state index in [0.29, 0.717) is 18.6 Å². The van der Waals surface area contributed by atoms with Crippen molar-refractivity contribution in [2.24, 2.45) is 0 Å². The van der Waals surface area contributed by atoms with Gasteiger partial charge in [-0.05, 0) is 46.2 Å². The molecule has 0 aliphatic heterocycles. The Balaban J connectivity index is 2.09. The number of hydrogen-bond acceptors (Lipinski definition) is 3. The Morgan fingerprint density at radius 3 is 2.15 bits per heavy atom. The second kappa shape index (κ2) is 10.1. The number of carbonyl (C=O) groups is 1. The average Bonchev–Trinajstić information content (AvgIpc) is 2.64. The Labute approximate surface area is 163 Å². The van der Waals surface area contributed by atoms with E-state index in [1.54, 1.807) is 0 Å². The Kier molecular flexibility index (Phi) is 7.86. The Morgan fingerprint density at radius 1 is 0.963 bits per heavy atom. The van der Waals surface area contributed by atoms with Crippen LogP contribution in [0.25, 0.3) is 0 Å². The van der Waals surface area contributed by atoms with Crippen LogP contribution in [-0.2, 0) is 4.79 Å². The van der Waals surface area contributed by atoms with Crippen LogP contribution in [0.4, 0.5) is 0 Å². The largest absolute Gasteiger partial charge is 0.476 e. The molecule has 2 aromatic rings. The summed E-state index contributed by atoms with van der Waals surface area (Å²) in [6.07, 6.45) is -0.668. The zero-order valence-electron chi connectivity index (χ0n) is 17.1. The van der Waals surface area contributed by atoms with Crippen molar-refractivity contribution in [3.8, 4) is 5.75 Å². The van der Waals surface area contributed by atoms with Crippen LogP contribution in [0, 0.1) is 6.92 Å². The fourth-order valence-electron chi connectivity index (χ4n) is 3.23. The minimum absolute atomic E-state index is 0.114. The van der Waals surface area contributed by atoms with Gasteiger partial charge in [-0.25, -0.2) is 0 Å². The molecule has 146 valence electrons. The van der Waals surface area contributed by atoms with E-state index >= 15 is 0 Å². The SMILES string of the molecule is Cc1ccccc1O[C@@H](C(=O)NCCN(C(C)C)C(C)C)c1ccccc1. The summed E-state index contributed by atoms with van der Waals surface area (Å²) in [5.41, 5.74) is 1.86. The highest BCUT2D eigenvalue weighted by atomic mass is 16.5. The molecule has 0 unspecified atom stereocenters. The van der Waals surface area contributed by atoms with Gasteiger partial charge in [0.2, 0.25) is 6.10 Å². The number of ether oxygens (including phenoxy) is 1. The highest BCUT2D eigenvalue weighted by molar-refractivity contribution is 5.82. The van der Waals surface area contributed by atoms with Crippen LogP contribution in [0.3, 0.4) is 0 Å². The monoisotopic (exact) mass is 368 g/mol. The third-order valence-corrected chi connectivity index (χ3v) is 4.67. The Bertz CT molecular complexity index is 705. The molecule has 0 aliphatic carbocycles. The zero-order valence-corrected chi connectivity index (χ0v) is 17.1. The first-order valence-electron chi connectivity index (χ1n) is 9.70. The summed E-state index contributed by atoms with van der Waals surface area (Å²) < 4.78 is 6.12. The molecule has 0 fully saturated rings. The predicted octanol–water partition coefficient (Wildman–Crippen LogP) is 4.35. The van der Waals surface area contributed by atoms with Gasteiger partial charge in [0, 0.05) is 30.7 Å². The van der Waals surface area contributed by atoms with E-state index in [4.69, 9.17) is 4.74 Å². The third kappa shape index (κ3) is 6.10. The molecule has 2 rings (SSSR count). The highest BCUT2D eigenvalue weighted by Crippen LogP contribution is 2.25. The van der Waals surface area contributed by atoms with E-state index < -0.39 is 6.10 Å². The number of nitrogens with zero attached hydrogens (tertiary/aromatic N) is 1. The molecular weight excluding hydrogens is 336 g/mol. The number of amides is 1. The van der Waals surface area contributed by atoms with Gasteiger partial charge in [-0.15, -0.1) is 0 Å². The number of benzene rings is 2. The maximum Gasteiger partial charge on any atom is 0.265 e.